The fraction of sp³-hybridized carbons (Fsp3) is 0.688. The first-order valence-corrected chi connectivity index (χ1v) is 6.92. The van der Waals surface area contributed by atoms with Gasteiger partial charge in [0.1, 0.15) is 5.60 Å². The zero-order valence-corrected chi connectivity index (χ0v) is 12.5. The third kappa shape index (κ3) is 2.76. The summed E-state index contributed by atoms with van der Waals surface area (Å²) < 4.78 is 10.2. The summed E-state index contributed by atoms with van der Waals surface area (Å²) in [4.78, 5) is 11.4. The molecule has 0 aromatic rings. The van der Waals surface area contributed by atoms with Crippen molar-refractivity contribution < 1.29 is 14.3 Å². The first-order valence-electron chi connectivity index (χ1n) is 6.92. The molecule has 19 heavy (non-hydrogen) atoms. The van der Waals surface area contributed by atoms with Gasteiger partial charge in [0.15, 0.2) is 6.10 Å². The van der Waals surface area contributed by atoms with E-state index in [-0.39, 0.29) is 11.4 Å². The normalized spacial score (nSPS) is 37.0. The van der Waals surface area contributed by atoms with Crippen LogP contribution in [0, 0.1) is 11.3 Å². The van der Waals surface area contributed by atoms with Gasteiger partial charge in [-0.25, -0.2) is 4.79 Å². The smallest absolute Gasteiger partial charge is 0.338 e. The number of allylic oxidation sites excluding steroid dienone is 3. The van der Waals surface area contributed by atoms with Crippen molar-refractivity contribution in [1.82, 2.24) is 0 Å². The maximum absolute atomic E-state index is 11.4. The summed E-state index contributed by atoms with van der Waals surface area (Å²) in [7, 11) is 1.39. The molecule has 0 aromatic heterocycles. The van der Waals surface area contributed by atoms with Gasteiger partial charge in [0, 0.05) is 5.92 Å². The molecule has 1 saturated heterocycles. The molecule has 3 nitrogen and oxygen atoms in total. The minimum absolute atomic E-state index is 0.265. The van der Waals surface area contributed by atoms with Crippen LogP contribution < -0.4 is 0 Å². The number of epoxide rings is 1. The largest absolute Gasteiger partial charge is 0.467 e. The Bertz CT molecular complexity index is 433. The summed E-state index contributed by atoms with van der Waals surface area (Å²) in [5.74, 6) is 0.128. The van der Waals surface area contributed by atoms with Crippen LogP contribution in [0.2, 0.25) is 0 Å². The molecule has 0 radical (unpaired) electrons. The number of methoxy groups -OCH3 is 1. The third-order valence-corrected chi connectivity index (χ3v) is 4.46. The summed E-state index contributed by atoms with van der Waals surface area (Å²) in [6, 6.07) is 0. The van der Waals surface area contributed by atoms with Crippen molar-refractivity contribution >= 4 is 5.97 Å². The highest BCUT2D eigenvalue weighted by Crippen LogP contribution is 2.44. The van der Waals surface area contributed by atoms with Crippen molar-refractivity contribution in [3.05, 3.63) is 23.8 Å². The van der Waals surface area contributed by atoms with Crippen LogP contribution in [0.3, 0.4) is 0 Å². The number of hydrogen-bond donors (Lipinski definition) is 0. The Morgan fingerprint density at radius 2 is 2.16 bits per heavy atom. The van der Waals surface area contributed by atoms with Gasteiger partial charge in [-0.2, -0.15) is 0 Å². The molecule has 2 rings (SSSR count). The van der Waals surface area contributed by atoms with Gasteiger partial charge in [-0.05, 0) is 32.1 Å². The van der Waals surface area contributed by atoms with Gasteiger partial charge >= 0.3 is 5.97 Å². The molecule has 0 spiro atoms. The van der Waals surface area contributed by atoms with Crippen LogP contribution in [-0.4, -0.2) is 24.8 Å². The van der Waals surface area contributed by atoms with Crippen LogP contribution in [0.25, 0.3) is 0 Å². The van der Waals surface area contributed by atoms with Crippen LogP contribution in [0.1, 0.15) is 40.5 Å². The number of hydrogen-bond acceptors (Lipinski definition) is 3. The molecule has 0 aromatic carbocycles. The maximum Gasteiger partial charge on any atom is 0.338 e. The Morgan fingerprint density at radius 1 is 1.47 bits per heavy atom. The quantitative estimate of drug-likeness (QED) is 0.446. The van der Waals surface area contributed by atoms with E-state index in [2.05, 4.69) is 32.9 Å². The molecule has 0 saturated carbocycles. The monoisotopic (exact) mass is 264 g/mol. The number of carbonyl (C=O) groups excluding carboxylic acids is 1. The lowest BCUT2D eigenvalue weighted by molar-refractivity contribution is -0.142. The van der Waals surface area contributed by atoms with E-state index in [1.165, 1.54) is 19.1 Å². The molecule has 1 aliphatic heterocycles. The minimum atomic E-state index is -0.485. The fourth-order valence-corrected chi connectivity index (χ4v) is 3.01. The zero-order chi connectivity index (χ0) is 14.3. The number of rotatable bonds is 3. The molecular weight excluding hydrogens is 240 g/mol. The Hall–Kier alpha value is -1.09. The lowest BCUT2D eigenvalue weighted by atomic mass is 9.68. The van der Waals surface area contributed by atoms with Crippen LogP contribution in [0.15, 0.2) is 23.8 Å². The molecular formula is C16H24O3. The van der Waals surface area contributed by atoms with Crippen molar-refractivity contribution in [3.8, 4) is 0 Å². The van der Waals surface area contributed by atoms with Gasteiger partial charge in [0.05, 0.1) is 7.11 Å². The molecule has 0 unspecified atom stereocenters. The number of esters is 1. The lowest BCUT2D eigenvalue weighted by Gasteiger charge is -2.36. The first-order chi connectivity index (χ1) is 8.80. The number of carbonyl (C=O) groups is 1. The van der Waals surface area contributed by atoms with Gasteiger partial charge in [0.25, 0.3) is 0 Å². The van der Waals surface area contributed by atoms with Crippen molar-refractivity contribution in [2.24, 2.45) is 11.3 Å². The third-order valence-electron chi connectivity index (χ3n) is 4.46. The second kappa shape index (κ2) is 4.78. The van der Waals surface area contributed by atoms with Crippen molar-refractivity contribution in [2.75, 3.05) is 7.11 Å². The van der Waals surface area contributed by atoms with E-state index in [0.717, 1.165) is 6.42 Å². The number of ether oxygens (including phenoxy) is 2. The van der Waals surface area contributed by atoms with Crippen molar-refractivity contribution in [2.45, 2.75) is 52.2 Å². The molecule has 106 valence electrons. The highest BCUT2D eigenvalue weighted by atomic mass is 16.6. The summed E-state index contributed by atoms with van der Waals surface area (Å²) in [6.45, 7) is 8.71. The molecule has 3 atom stereocenters. The molecule has 0 bridgehead atoms. The Labute approximate surface area is 115 Å². The summed E-state index contributed by atoms with van der Waals surface area (Å²) in [5, 5.41) is 0. The van der Waals surface area contributed by atoms with E-state index in [4.69, 9.17) is 9.47 Å². The average molecular weight is 264 g/mol. The van der Waals surface area contributed by atoms with E-state index >= 15 is 0 Å². The van der Waals surface area contributed by atoms with Crippen molar-refractivity contribution in [3.63, 3.8) is 0 Å². The van der Waals surface area contributed by atoms with Crippen LogP contribution in [-0.2, 0) is 14.3 Å². The average Bonchev–Trinajstić information content (AvgIpc) is 2.99. The van der Waals surface area contributed by atoms with Crippen LogP contribution >= 0.6 is 0 Å². The second-order valence-corrected chi connectivity index (χ2v) is 6.52. The molecule has 0 amide bonds. The van der Waals surface area contributed by atoms with Gasteiger partial charge in [-0.15, -0.1) is 0 Å². The summed E-state index contributed by atoms with van der Waals surface area (Å²) in [6.07, 6.45) is 8.45. The minimum Gasteiger partial charge on any atom is -0.467 e. The Morgan fingerprint density at radius 3 is 2.74 bits per heavy atom. The van der Waals surface area contributed by atoms with Gasteiger partial charge < -0.3 is 9.47 Å². The van der Waals surface area contributed by atoms with E-state index in [1.54, 1.807) is 0 Å². The van der Waals surface area contributed by atoms with E-state index in [9.17, 15) is 4.79 Å². The molecule has 2 aliphatic rings. The van der Waals surface area contributed by atoms with Gasteiger partial charge in [-0.3, -0.25) is 0 Å². The topological polar surface area (TPSA) is 38.8 Å². The van der Waals surface area contributed by atoms with E-state index < -0.39 is 11.7 Å². The Balaban J connectivity index is 2.09. The highest BCUT2D eigenvalue weighted by Gasteiger charge is 2.56. The molecule has 1 heterocycles. The lowest BCUT2D eigenvalue weighted by Crippen LogP contribution is -2.27. The second-order valence-electron chi connectivity index (χ2n) is 6.52. The molecule has 3 heteroatoms. The first kappa shape index (κ1) is 14.3. The SMILES string of the molecule is COC(=O)[C@@H]1O[C@]1(C)/C=C\[C@@H]1C(C)=CCCC1(C)C. The molecule has 1 aliphatic carbocycles. The van der Waals surface area contributed by atoms with Crippen molar-refractivity contribution in [1.29, 1.82) is 0 Å². The van der Waals surface area contributed by atoms with Gasteiger partial charge in [-0.1, -0.05) is 37.6 Å². The standard InChI is InChI=1S/C16H24O3/c1-11-7-6-9-15(2,3)12(11)8-10-16(4)13(19-16)14(17)18-5/h7-8,10,12-13H,6,9H2,1-5H3/b10-8-/t12-,13+,16-/m1/s1. The zero-order valence-electron chi connectivity index (χ0n) is 12.5. The maximum atomic E-state index is 11.4. The summed E-state index contributed by atoms with van der Waals surface area (Å²) in [5.41, 5.74) is 1.19. The molecule has 1 fully saturated rings. The predicted molar refractivity (Wildman–Crippen MR) is 74.7 cm³/mol. The predicted octanol–water partition coefficient (Wildman–Crippen LogP) is 3.26. The highest BCUT2D eigenvalue weighted by molar-refractivity contribution is 5.79. The van der Waals surface area contributed by atoms with Gasteiger partial charge in [0.2, 0.25) is 0 Å². The fourth-order valence-electron chi connectivity index (χ4n) is 3.01. The van der Waals surface area contributed by atoms with Crippen LogP contribution in [0.5, 0.6) is 0 Å². The molecule has 0 N–H and O–H groups in total. The Kier molecular flexibility index (Phi) is 3.61. The van der Waals surface area contributed by atoms with E-state index in [1.807, 2.05) is 13.0 Å². The van der Waals surface area contributed by atoms with E-state index in [0.29, 0.717) is 5.92 Å². The van der Waals surface area contributed by atoms with Crippen LogP contribution in [0.4, 0.5) is 0 Å². The summed E-state index contributed by atoms with van der Waals surface area (Å²) >= 11 is 0.